The first kappa shape index (κ1) is 18.5. The lowest BCUT2D eigenvalue weighted by molar-refractivity contribution is -0.138. The molecule has 0 radical (unpaired) electrons. The van der Waals surface area contributed by atoms with Crippen molar-refractivity contribution in [3.05, 3.63) is 59.8 Å². The van der Waals surface area contributed by atoms with E-state index >= 15 is 0 Å². The normalized spacial score (nSPS) is 15.0. The minimum absolute atomic E-state index is 0.00519. The molecule has 1 aromatic rings. The summed E-state index contributed by atoms with van der Waals surface area (Å²) in [4.78, 5) is 14.0. The molecule has 0 fully saturated rings. The van der Waals surface area contributed by atoms with E-state index in [4.69, 9.17) is 10.00 Å². The first-order chi connectivity index (χ1) is 12.2. The molecule has 2 rings (SSSR count). The topological polar surface area (TPSA) is 53.3 Å². The van der Waals surface area contributed by atoms with E-state index in [1.165, 1.54) is 18.9 Å². The van der Waals surface area contributed by atoms with Crippen molar-refractivity contribution in [1.29, 1.82) is 5.26 Å². The van der Waals surface area contributed by atoms with Gasteiger partial charge in [0.25, 0.3) is 0 Å². The summed E-state index contributed by atoms with van der Waals surface area (Å²) in [6, 6.07) is 10.1. The average Bonchev–Trinajstić information content (AvgIpc) is 2.64. The second-order valence-electron chi connectivity index (χ2n) is 5.77. The quantitative estimate of drug-likeness (QED) is 0.316. The Morgan fingerprint density at radius 3 is 2.80 bits per heavy atom. The molecule has 0 spiro atoms. The molecule has 0 unspecified atom stereocenters. The van der Waals surface area contributed by atoms with Gasteiger partial charge in [0.05, 0.1) is 6.61 Å². The molecule has 1 aliphatic rings. The highest BCUT2D eigenvalue weighted by Gasteiger charge is 2.15. The van der Waals surface area contributed by atoms with Crippen LogP contribution in [0.4, 0.5) is 5.69 Å². The van der Waals surface area contributed by atoms with Gasteiger partial charge in [0.15, 0.2) is 0 Å². The SMILES string of the molecule is CCCCCN1C=C/C(=C/C=C(\C#N)C(=O)OCC)c2ccccc21. The van der Waals surface area contributed by atoms with Crippen molar-refractivity contribution < 1.29 is 9.53 Å². The van der Waals surface area contributed by atoms with Crippen molar-refractivity contribution in [2.75, 3.05) is 18.1 Å². The van der Waals surface area contributed by atoms with E-state index in [1.54, 1.807) is 13.0 Å². The lowest BCUT2D eigenvalue weighted by Gasteiger charge is -2.27. The molecular formula is C21H24N2O2. The van der Waals surface area contributed by atoms with Gasteiger partial charge in [0, 0.05) is 24.0 Å². The van der Waals surface area contributed by atoms with Gasteiger partial charge in [0.1, 0.15) is 11.6 Å². The molecule has 0 atom stereocenters. The molecule has 0 saturated carbocycles. The second-order valence-corrected chi connectivity index (χ2v) is 5.77. The molecule has 0 amide bonds. The number of nitrogens with zero attached hydrogens (tertiary/aromatic N) is 2. The summed E-state index contributed by atoms with van der Waals surface area (Å²) in [6.07, 6.45) is 11.0. The smallest absolute Gasteiger partial charge is 0.348 e. The molecule has 4 heteroatoms. The third-order valence-electron chi connectivity index (χ3n) is 4.01. The maximum Gasteiger partial charge on any atom is 0.348 e. The largest absolute Gasteiger partial charge is 0.462 e. The number of fused-ring (bicyclic) bond motifs is 1. The van der Waals surface area contributed by atoms with E-state index in [1.807, 2.05) is 24.3 Å². The average molecular weight is 336 g/mol. The summed E-state index contributed by atoms with van der Waals surface area (Å²) in [7, 11) is 0. The predicted octanol–water partition coefficient (Wildman–Crippen LogP) is 4.61. The summed E-state index contributed by atoms with van der Waals surface area (Å²) >= 11 is 0. The van der Waals surface area contributed by atoms with Crippen LogP contribution in [0.2, 0.25) is 0 Å². The molecule has 4 nitrogen and oxygen atoms in total. The standard InChI is InChI=1S/C21H24N2O2/c1-3-5-8-14-23-15-13-17(19-9-6-7-10-20(19)23)11-12-18(16-22)21(24)25-4-2/h6-7,9-13,15H,3-5,8,14H2,1-2H3/b17-11-,18-12+. The van der Waals surface area contributed by atoms with Crippen molar-refractivity contribution >= 4 is 17.2 Å². The molecule has 0 aromatic heterocycles. The molecular weight excluding hydrogens is 312 g/mol. The Labute approximate surface area is 149 Å². The van der Waals surface area contributed by atoms with E-state index in [0.29, 0.717) is 0 Å². The van der Waals surface area contributed by atoms with Crippen LogP contribution in [-0.4, -0.2) is 19.1 Å². The van der Waals surface area contributed by atoms with Crippen LogP contribution < -0.4 is 4.90 Å². The molecule has 1 aliphatic heterocycles. The van der Waals surface area contributed by atoms with Gasteiger partial charge in [-0.05, 0) is 37.1 Å². The van der Waals surface area contributed by atoms with E-state index in [9.17, 15) is 4.79 Å². The van der Waals surface area contributed by atoms with Crippen LogP contribution in [0.25, 0.3) is 5.57 Å². The number of hydrogen-bond donors (Lipinski definition) is 0. The first-order valence-electron chi connectivity index (χ1n) is 8.74. The van der Waals surface area contributed by atoms with Gasteiger partial charge in [-0.2, -0.15) is 5.26 Å². The third kappa shape index (κ3) is 4.84. The predicted molar refractivity (Wildman–Crippen MR) is 101 cm³/mol. The molecule has 0 saturated heterocycles. The fraction of sp³-hybridized carbons (Fsp3) is 0.333. The van der Waals surface area contributed by atoms with Crippen molar-refractivity contribution in [3.8, 4) is 6.07 Å². The number of allylic oxidation sites excluding steroid dienone is 4. The highest BCUT2D eigenvalue weighted by atomic mass is 16.5. The fourth-order valence-corrected chi connectivity index (χ4v) is 2.71. The van der Waals surface area contributed by atoms with E-state index in [-0.39, 0.29) is 12.2 Å². The number of carbonyl (C=O) groups excluding carboxylic acids is 1. The van der Waals surface area contributed by atoms with Crippen molar-refractivity contribution in [2.24, 2.45) is 0 Å². The zero-order chi connectivity index (χ0) is 18.1. The molecule has 1 heterocycles. The molecule has 25 heavy (non-hydrogen) atoms. The van der Waals surface area contributed by atoms with Gasteiger partial charge in [-0.15, -0.1) is 0 Å². The summed E-state index contributed by atoms with van der Waals surface area (Å²) in [5.74, 6) is -0.587. The van der Waals surface area contributed by atoms with Crippen molar-refractivity contribution in [3.63, 3.8) is 0 Å². The number of carbonyl (C=O) groups is 1. The van der Waals surface area contributed by atoms with Gasteiger partial charge in [-0.1, -0.05) is 44.0 Å². The number of esters is 1. The van der Waals surface area contributed by atoms with Crippen LogP contribution in [-0.2, 0) is 9.53 Å². The number of rotatable bonds is 7. The second kappa shape index (κ2) is 9.48. The lowest BCUT2D eigenvalue weighted by atomic mass is 9.99. The Morgan fingerprint density at radius 2 is 2.08 bits per heavy atom. The summed E-state index contributed by atoms with van der Waals surface area (Å²) < 4.78 is 4.89. The molecule has 0 N–H and O–H groups in total. The Kier molecular flexibility index (Phi) is 7.03. The van der Waals surface area contributed by atoms with Crippen LogP contribution in [0.3, 0.4) is 0 Å². The Balaban J connectivity index is 2.27. The van der Waals surface area contributed by atoms with Crippen molar-refractivity contribution in [2.45, 2.75) is 33.1 Å². The van der Waals surface area contributed by atoms with Crippen LogP contribution in [0, 0.1) is 11.3 Å². The minimum atomic E-state index is -0.587. The number of para-hydroxylation sites is 1. The zero-order valence-corrected chi connectivity index (χ0v) is 14.9. The minimum Gasteiger partial charge on any atom is -0.462 e. The van der Waals surface area contributed by atoms with Crippen LogP contribution in [0.5, 0.6) is 0 Å². The van der Waals surface area contributed by atoms with Gasteiger partial charge >= 0.3 is 5.97 Å². The van der Waals surface area contributed by atoms with Crippen LogP contribution in [0.1, 0.15) is 38.7 Å². The number of hydrogen-bond acceptors (Lipinski definition) is 4. The monoisotopic (exact) mass is 336 g/mol. The number of benzene rings is 1. The number of nitriles is 1. The lowest BCUT2D eigenvalue weighted by Crippen LogP contribution is -2.21. The summed E-state index contributed by atoms with van der Waals surface area (Å²) in [5, 5.41) is 9.14. The number of ether oxygens (including phenoxy) is 1. The fourth-order valence-electron chi connectivity index (χ4n) is 2.71. The van der Waals surface area contributed by atoms with Crippen molar-refractivity contribution in [1.82, 2.24) is 0 Å². The maximum atomic E-state index is 11.7. The molecule has 130 valence electrons. The Bertz CT molecular complexity index is 739. The van der Waals surface area contributed by atoms with E-state index in [0.717, 1.165) is 29.8 Å². The van der Waals surface area contributed by atoms with Gasteiger partial charge in [0.2, 0.25) is 0 Å². The van der Waals surface area contributed by atoms with Gasteiger partial charge in [-0.3, -0.25) is 0 Å². The Morgan fingerprint density at radius 1 is 1.28 bits per heavy atom. The summed E-state index contributed by atoms with van der Waals surface area (Å²) in [5.41, 5.74) is 3.22. The molecule has 1 aromatic carbocycles. The highest BCUT2D eigenvalue weighted by molar-refractivity contribution is 5.94. The number of unbranched alkanes of at least 4 members (excludes halogenated alkanes) is 2. The van der Waals surface area contributed by atoms with E-state index in [2.05, 4.69) is 30.2 Å². The van der Waals surface area contributed by atoms with Gasteiger partial charge < -0.3 is 9.64 Å². The zero-order valence-electron chi connectivity index (χ0n) is 14.9. The Hall–Kier alpha value is -2.80. The first-order valence-corrected chi connectivity index (χ1v) is 8.74. The molecule has 0 aliphatic carbocycles. The molecule has 0 bridgehead atoms. The van der Waals surface area contributed by atoms with Crippen LogP contribution in [0.15, 0.2) is 54.3 Å². The summed E-state index contributed by atoms with van der Waals surface area (Å²) in [6.45, 7) is 5.16. The van der Waals surface area contributed by atoms with E-state index < -0.39 is 5.97 Å². The number of anilines is 1. The maximum absolute atomic E-state index is 11.7. The van der Waals surface area contributed by atoms with Crippen LogP contribution >= 0.6 is 0 Å². The third-order valence-corrected chi connectivity index (χ3v) is 4.01. The highest BCUT2D eigenvalue weighted by Crippen LogP contribution is 2.33. The van der Waals surface area contributed by atoms with Gasteiger partial charge in [-0.25, -0.2) is 4.79 Å².